The third-order valence-electron chi connectivity index (χ3n) is 5.85. The summed E-state index contributed by atoms with van der Waals surface area (Å²) in [6.07, 6.45) is 1.23. The highest BCUT2D eigenvalue weighted by atomic mass is 16.4. The quantitative estimate of drug-likeness (QED) is 0.121. The number of carboxylic acid groups (broad SMARTS) is 1. The number of benzene rings is 1. The molecule has 0 aromatic heterocycles. The third-order valence-corrected chi connectivity index (χ3v) is 5.85. The lowest BCUT2D eigenvalue weighted by molar-refractivity contribution is -0.143. The van der Waals surface area contributed by atoms with Gasteiger partial charge in [-0.1, -0.05) is 24.3 Å². The molecule has 1 aliphatic heterocycles. The Balaban J connectivity index is 1.99. The zero-order valence-corrected chi connectivity index (χ0v) is 19.9. The molecule has 0 spiro atoms. The van der Waals surface area contributed by atoms with Crippen LogP contribution in [0.1, 0.15) is 43.2 Å². The molecule has 0 aliphatic carbocycles. The number of nitrogens with two attached hydrogens (primary N) is 3. The van der Waals surface area contributed by atoms with Gasteiger partial charge >= 0.3 is 5.97 Å². The molecule has 1 aliphatic rings. The number of guanidine groups is 1. The molecular weight excluding hydrogens is 454 g/mol. The average Bonchev–Trinajstić information content (AvgIpc) is 3.29. The second-order valence-electron chi connectivity index (χ2n) is 8.55. The van der Waals surface area contributed by atoms with Crippen LogP contribution in [0.3, 0.4) is 0 Å². The fraction of sp³-hybridized carbons (Fsp3) is 0.522. The first kappa shape index (κ1) is 27.6. The number of aliphatic imine (C=N–C) groups is 1. The van der Waals surface area contributed by atoms with E-state index in [1.165, 1.54) is 4.90 Å². The Morgan fingerprint density at radius 2 is 1.94 bits per heavy atom. The van der Waals surface area contributed by atoms with Crippen molar-refractivity contribution in [3.05, 3.63) is 35.4 Å². The van der Waals surface area contributed by atoms with Gasteiger partial charge in [0.25, 0.3) is 0 Å². The Hall–Kier alpha value is -3.67. The van der Waals surface area contributed by atoms with E-state index in [1.807, 2.05) is 31.2 Å². The van der Waals surface area contributed by atoms with Crippen molar-refractivity contribution in [1.82, 2.24) is 15.5 Å². The molecule has 192 valence electrons. The Labute approximate surface area is 204 Å². The van der Waals surface area contributed by atoms with Crippen LogP contribution in [0.15, 0.2) is 29.3 Å². The number of aryl methyl sites for hydroxylation is 1. The van der Waals surface area contributed by atoms with Crippen LogP contribution in [0.2, 0.25) is 0 Å². The summed E-state index contributed by atoms with van der Waals surface area (Å²) in [6.45, 7) is 2.78. The molecule has 12 heteroatoms. The van der Waals surface area contributed by atoms with Crippen LogP contribution in [0.5, 0.6) is 0 Å². The predicted octanol–water partition coefficient (Wildman–Crippen LogP) is -1.06. The highest BCUT2D eigenvalue weighted by molar-refractivity contribution is 5.94. The number of nitrogens with zero attached hydrogens (tertiary/aromatic N) is 2. The first-order valence-corrected chi connectivity index (χ1v) is 11.6. The number of hydrogen-bond acceptors (Lipinski definition) is 6. The predicted molar refractivity (Wildman–Crippen MR) is 130 cm³/mol. The Kier molecular flexibility index (Phi) is 10.5. The molecule has 1 aromatic carbocycles. The lowest BCUT2D eigenvalue weighted by Crippen LogP contribution is -2.55. The molecule has 1 fully saturated rings. The zero-order chi connectivity index (χ0) is 26.0. The lowest BCUT2D eigenvalue weighted by Gasteiger charge is -2.28. The van der Waals surface area contributed by atoms with E-state index in [-0.39, 0.29) is 18.4 Å². The van der Waals surface area contributed by atoms with Crippen molar-refractivity contribution in [2.75, 3.05) is 13.1 Å². The Bertz CT molecular complexity index is 948. The van der Waals surface area contributed by atoms with Gasteiger partial charge in [-0.25, -0.2) is 0 Å². The second-order valence-corrected chi connectivity index (χ2v) is 8.55. The molecule has 0 radical (unpaired) electrons. The van der Waals surface area contributed by atoms with E-state index in [9.17, 15) is 24.3 Å². The number of rotatable bonds is 12. The van der Waals surface area contributed by atoms with Crippen molar-refractivity contribution >= 4 is 29.7 Å². The molecule has 3 atom stereocenters. The molecule has 12 nitrogen and oxygen atoms in total. The second kappa shape index (κ2) is 13.3. The van der Waals surface area contributed by atoms with Gasteiger partial charge in [0, 0.05) is 19.6 Å². The summed E-state index contributed by atoms with van der Waals surface area (Å²) in [6, 6.07) is 4.52. The van der Waals surface area contributed by atoms with Gasteiger partial charge in [0.1, 0.15) is 12.1 Å². The summed E-state index contributed by atoms with van der Waals surface area (Å²) in [7, 11) is 0. The van der Waals surface area contributed by atoms with E-state index >= 15 is 0 Å². The number of carboxylic acids is 1. The molecule has 0 bridgehead atoms. The zero-order valence-electron chi connectivity index (χ0n) is 19.9. The monoisotopic (exact) mass is 489 g/mol. The molecule has 0 unspecified atom stereocenters. The highest BCUT2D eigenvalue weighted by Gasteiger charge is 2.37. The van der Waals surface area contributed by atoms with Crippen molar-refractivity contribution in [2.24, 2.45) is 22.2 Å². The summed E-state index contributed by atoms with van der Waals surface area (Å²) in [4.78, 5) is 55.1. The first-order chi connectivity index (χ1) is 16.6. The molecule has 2 rings (SSSR count). The van der Waals surface area contributed by atoms with Crippen LogP contribution < -0.4 is 27.8 Å². The van der Waals surface area contributed by atoms with Crippen molar-refractivity contribution < 1.29 is 24.3 Å². The summed E-state index contributed by atoms with van der Waals surface area (Å²) >= 11 is 0. The molecule has 1 aromatic rings. The number of likely N-dealkylation sites (tertiary alicyclic amines) is 1. The number of carbonyl (C=O) groups is 4. The minimum absolute atomic E-state index is 0.0416. The topological polar surface area (TPSA) is 206 Å². The maximum atomic E-state index is 13.0. The summed E-state index contributed by atoms with van der Waals surface area (Å²) < 4.78 is 0. The van der Waals surface area contributed by atoms with Gasteiger partial charge in [-0.05, 0) is 43.7 Å². The van der Waals surface area contributed by atoms with E-state index < -0.39 is 42.3 Å². The summed E-state index contributed by atoms with van der Waals surface area (Å²) in [5.74, 6) is -2.85. The van der Waals surface area contributed by atoms with Crippen molar-refractivity contribution in [3.8, 4) is 0 Å². The highest BCUT2D eigenvalue weighted by Crippen LogP contribution is 2.19. The van der Waals surface area contributed by atoms with Crippen LogP contribution >= 0.6 is 0 Å². The van der Waals surface area contributed by atoms with Gasteiger partial charge in [0.05, 0.1) is 12.5 Å². The van der Waals surface area contributed by atoms with Gasteiger partial charge in [0.15, 0.2) is 5.96 Å². The van der Waals surface area contributed by atoms with Crippen LogP contribution in [-0.4, -0.2) is 70.9 Å². The SMILES string of the molecule is Cc1ccccc1CNC(=O)[C@H](CC(=O)O)NC(=O)[C@@H]1CCCN1C(=O)[C@@H](N)CCCN=C(N)N. The van der Waals surface area contributed by atoms with Crippen molar-refractivity contribution in [1.29, 1.82) is 0 Å². The summed E-state index contributed by atoms with van der Waals surface area (Å²) in [5, 5.41) is 14.5. The molecular formula is C23H35N7O5. The fourth-order valence-electron chi connectivity index (χ4n) is 3.92. The van der Waals surface area contributed by atoms with Gasteiger partial charge < -0.3 is 37.8 Å². The maximum Gasteiger partial charge on any atom is 0.305 e. The van der Waals surface area contributed by atoms with E-state index in [4.69, 9.17) is 17.2 Å². The van der Waals surface area contributed by atoms with Gasteiger partial charge in [-0.15, -0.1) is 0 Å². The van der Waals surface area contributed by atoms with Crippen molar-refractivity contribution in [2.45, 2.75) is 63.7 Å². The molecule has 35 heavy (non-hydrogen) atoms. The molecule has 0 saturated carbocycles. The molecule has 3 amide bonds. The van der Waals surface area contributed by atoms with Crippen LogP contribution in [0, 0.1) is 6.92 Å². The lowest BCUT2D eigenvalue weighted by atomic mass is 10.1. The first-order valence-electron chi connectivity index (χ1n) is 11.6. The van der Waals surface area contributed by atoms with Crippen LogP contribution in [0.4, 0.5) is 0 Å². The number of carbonyl (C=O) groups excluding carboxylic acids is 3. The largest absolute Gasteiger partial charge is 0.481 e. The number of hydrogen-bond donors (Lipinski definition) is 6. The molecule has 1 saturated heterocycles. The Morgan fingerprint density at radius 1 is 1.23 bits per heavy atom. The minimum Gasteiger partial charge on any atom is -0.481 e. The fourth-order valence-corrected chi connectivity index (χ4v) is 3.92. The normalized spacial score (nSPS) is 16.7. The average molecular weight is 490 g/mol. The number of nitrogens with one attached hydrogen (secondary N) is 2. The number of aliphatic carboxylic acids is 1. The van der Waals surface area contributed by atoms with Gasteiger partial charge in [0.2, 0.25) is 17.7 Å². The van der Waals surface area contributed by atoms with E-state index in [0.717, 1.165) is 11.1 Å². The maximum absolute atomic E-state index is 13.0. The van der Waals surface area contributed by atoms with E-state index in [0.29, 0.717) is 38.8 Å². The van der Waals surface area contributed by atoms with E-state index in [2.05, 4.69) is 15.6 Å². The minimum atomic E-state index is -1.28. The number of amides is 3. The molecule has 9 N–H and O–H groups in total. The Morgan fingerprint density at radius 3 is 2.60 bits per heavy atom. The van der Waals surface area contributed by atoms with Gasteiger partial charge in [-0.2, -0.15) is 0 Å². The molecule has 1 heterocycles. The smallest absolute Gasteiger partial charge is 0.305 e. The standard InChI is InChI=1S/C23H35N7O5/c1-14-6-2-3-7-15(14)13-28-20(33)17(12-19(31)32)29-21(34)18-9-5-11-30(18)22(35)16(24)8-4-10-27-23(25)26/h2-3,6-7,16-18H,4-5,8-13,24H2,1H3,(H,28,33)(H,29,34)(H,31,32)(H4,25,26,27)/t16-,17-,18-/m0/s1. The van der Waals surface area contributed by atoms with Crippen LogP contribution in [0.25, 0.3) is 0 Å². The van der Waals surface area contributed by atoms with Gasteiger partial charge in [-0.3, -0.25) is 24.2 Å². The third kappa shape index (κ3) is 8.56. The van der Waals surface area contributed by atoms with Crippen molar-refractivity contribution in [3.63, 3.8) is 0 Å². The van der Waals surface area contributed by atoms with E-state index in [1.54, 1.807) is 0 Å². The van der Waals surface area contributed by atoms with Crippen LogP contribution in [-0.2, 0) is 25.7 Å². The summed E-state index contributed by atoms with van der Waals surface area (Å²) in [5.41, 5.74) is 18.4.